The van der Waals surface area contributed by atoms with Crippen molar-refractivity contribution in [3.8, 4) is 0 Å². The Bertz CT molecular complexity index is 560. The number of hydrogen-bond acceptors (Lipinski definition) is 1. The van der Waals surface area contributed by atoms with Crippen molar-refractivity contribution >= 4 is 22.6 Å². The van der Waals surface area contributed by atoms with Gasteiger partial charge < -0.3 is 5.32 Å². The molecule has 1 unspecified atom stereocenters. The van der Waals surface area contributed by atoms with Crippen molar-refractivity contribution < 1.29 is 0 Å². The van der Waals surface area contributed by atoms with Crippen LogP contribution in [0.2, 0.25) is 0 Å². The Morgan fingerprint density at radius 2 is 1.75 bits per heavy atom. The summed E-state index contributed by atoms with van der Waals surface area (Å²) in [7, 11) is 0. The molecule has 2 aromatic carbocycles. The maximum atomic E-state index is 3.68. The lowest BCUT2D eigenvalue weighted by molar-refractivity contribution is 0.596. The van der Waals surface area contributed by atoms with Gasteiger partial charge in [0.15, 0.2) is 0 Å². The van der Waals surface area contributed by atoms with E-state index in [1.807, 2.05) is 0 Å². The molecule has 0 saturated carbocycles. The predicted molar refractivity (Wildman–Crippen MR) is 95.2 cm³/mol. The Hall–Kier alpha value is -0.870. The first-order valence-electron chi connectivity index (χ1n) is 7.18. The van der Waals surface area contributed by atoms with E-state index in [0.29, 0.717) is 0 Å². The van der Waals surface area contributed by atoms with E-state index in [1.165, 1.54) is 25.8 Å². The fourth-order valence-electron chi connectivity index (χ4n) is 2.35. The number of aryl methyl sites for hydroxylation is 2. The highest BCUT2D eigenvalue weighted by Gasteiger charge is 2.16. The van der Waals surface area contributed by atoms with Gasteiger partial charge in [0.25, 0.3) is 0 Å². The molecule has 0 aromatic heterocycles. The van der Waals surface area contributed by atoms with Crippen molar-refractivity contribution in [2.24, 2.45) is 0 Å². The molecule has 0 amide bonds. The molecule has 106 valence electrons. The summed E-state index contributed by atoms with van der Waals surface area (Å²) in [6, 6.07) is 15.7. The van der Waals surface area contributed by atoms with Crippen LogP contribution in [0.1, 0.15) is 41.6 Å². The smallest absolute Gasteiger partial charge is 0.0587 e. The molecule has 2 aromatic rings. The van der Waals surface area contributed by atoms with Crippen LogP contribution in [0.5, 0.6) is 0 Å². The quantitative estimate of drug-likeness (QED) is 0.722. The molecule has 0 aliphatic rings. The summed E-state index contributed by atoms with van der Waals surface area (Å²) in [6.07, 6.45) is 1.14. The van der Waals surface area contributed by atoms with Crippen molar-refractivity contribution in [1.82, 2.24) is 5.32 Å². The van der Waals surface area contributed by atoms with Gasteiger partial charge in [-0.1, -0.05) is 55.0 Å². The van der Waals surface area contributed by atoms with Crippen molar-refractivity contribution in [3.05, 3.63) is 68.3 Å². The van der Waals surface area contributed by atoms with E-state index in [1.54, 1.807) is 0 Å². The number of nitrogens with one attached hydrogen (secondary N) is 1. The molecular formula is C18H22IN. The van der Waals surface area contributed by atoms with Crippen LogP contribution in [0.3, 0.4) is 0 Å². The van der Waals surface area contributed by atoms with Crippen molar-refractivity contribution in [2.75, 3.05) is 6.54 Å². The number of benzene rings is 2. The highest BCUT2D eigenvalue weighted by Crippen LogP contribution is 2.28. The molecule has 0 fully saturated rings. The fourth-order valence-corrected chi connectivity index (χ4v) is 3.02. The summed E-state index contributed by atoms with van der Waals surface area (Å²) in [5, 5.41) is 3.68. The lowest BCUT2D eigenvalue weighted by atomic mass is 9.96. The summed E-state index contributed by atoms with van der Waals surface area (Å²) < 4.78 is 1.36. The highest BCUT2D eigenvalue weighted by molar-refractivity contribution is 14.1. The molecule has 0 bridgehead atoms. The Morgan fingerprint density at radius 3 is 2.40 bits per heavy atom. The molecule has 0 saturated heterocycles. The van der Waals surface area contributed by atoms with Gasteiger partial charge in [0.05, 0.1) is 6.04 Å². The molecule has 0 aliphatic carbocycles. The van der Waals surface area contributed by atoms with E-state index in [9.17, 15) is 0 Å². The van der Waals surface area contributed by atoms with Gasteiger partial charge in [0.1, 0.15) is 0 Å². The molecular weight excluding hydrogens is 357 g/mol. The average Bonchev–Trinajstić information content (AvgIpc) is 2.45. The third-order valence-corrected chi connectivity index (χ3v) is 5.02. The SMILES string of the molecule is CCCNC(c1ccc(C)cc1)c1cccc(C)c1I. The molecule has 0 heterocycles. The zero-order chi connectivity index (χ0) is 14.5. The summed E-state index contributed by atoms with van der Waals surface area (Å²) in [6.45, 7) is 7.55. The zero-order valence-electron chi connectivity index (χ0n) is 12.4. The van der Waals surface area contributed by atoms with E-state index in [4.69, 9.17) is 0 Å². The Kier molecular flexibility index (Phi) is 5.61. The van der Waals surface area contributed by atoms with E-state index < -0.39 is 0 Å². The van der Waals surface area contributed by atoms with Crippen molar-refractivity contribution in [2.45, 2.75) is 33.2 Å². The van der Waals surface area contributed by atoms with Crippen LogP contribution in [-0.4, -0.2) is 6.54 Å². The monoisotopic (exact) mass is 379 g/mol. The molecule has 1 N–H and O–H groups in total. The number of rotatable bonds is 5. The van der Waals surface area contributed by atoms with Crippen LogP contribution < -0.4 is 5.32 Å². The summed E-state index contributed by atoms with van der Waals surface area (Å²) in [5.41, 5.74) is 5.37. The van der Waals surface area contributed by atoms with Crippen LogP contribution in [0.25, 0.3) is 0 Å². The van der Waals surface area contributed by atoms with Crippen LogP contribution in [-0.2, 0) is 0 Å². The molecule has 2 rings (SSSR count). The van der Waals surface area contributed by atoms with Crippen LogP contribution in [0, 0.1) is 17.4 Å². The van der Waals surface area contributed by atoms with E-state index in [2.05, 4.69) is 91.1 Å². The molecule has 0 aliphatic heterocycles. The van der Waals surface area contributed by atoms with Gasteiger partial charge in [0, 0.05) is 3.57 Å². The second-order valence-electron chi connectivity index (χ2n) is 5.28. The zero-order valence-corrected chi connectivity index (χ0v) is 14.6. The molecule has 0 radical (unpaired) electrons. The van der Waals surface area contributed by atoms with Gasteiger partial charge in [-0.15, -0.1) is 0 Å². The second-order valence-corrected chi connectivity index (χ2v) is 6.35. The highest BCUT2D eigenvalue weighted by atomic mass is 127. The van der Waals surface area contributed by atoms with Gasteiger partial charge in [-0.05, 0) is 66.1 Å². The second kappa shape index (κ2) is 7.23. The molecule has 1 atom stereocenters. The molecule has 1 nitrogen and oxygen atoms in total. The minimum Gasteiger partial charge on any atom is -0.306 e. The Labute approximate surface area is 135 Å². The summed E-state index contributed by atoms with van der Waals surface area (Å²) in [4.78, 5) is 0. The maximum Gasteiger partial charge on any atom is 0.0587 e. The third-order valence-electron chi connectivity index (χ3n) is 3.54. The number of halogens is 1. The van der Waals surface area contributed by atoms with Crippen LogP contribution >= 0.6 is 22.6 Å². The minimum atomic E-state index is 0.280. The first-order chi connectivity index (χ1) is 9.63. The summed E-state index contributed by atoms with van der Waals surface area (Å²) >= 11 is 2.47. The topological polar surface area (TPSA) is 12.0 Å². The first kappa shape index (κ1) is 15.5. The van der Waals surface area contributed by atoms with Gasteiger partial charge in [0.2, 0.25) is 0 Å². The Morgan fingerprint density at radius 1 is 1.05 bits per heavy atom. The van der Waals surface area contributed by atoms with Crippen molar-refractivity contribution in [1.29, 1.82) is 0 Å². The van der Waals surface area contributed by atoms with Crippen LogP contribution in [0.4, 0.5) is 0 Å². The molecule has 0 spiro atoms. The predicted octanol–water partition coefficient (Wildman–Crippen LogP) is 5.00. The van der Waals surface area contributed by atoms with Gasteiger partial charge >= 0.3 is 0 Å². The molecule has 2 heteroatoms. The maximum absolute atomic E-state index is 3.68. The van der Waals surface area contributed by atoms with E-state index in [-0.39, 0.29) is 6.04 Å². The Balaban J connectivity index is 2.41. The standard InChI is InChI=1S/C18H22IN/c1-4-12-20-18(15-10-8-13(2)9-11-15)16-7-5-6-14(3)17(16)19/h5-11,18,20H,4,12H2,1-3H3. The average molecular weight is 379 g/mol. The fraction of sp³-hybridized carbons (Fsp3) is 0.333. The van der Waals surface area contributed by atoms with Gasteiger partial charge in [-0.25, -0.2) is 0 Å². The normalized spacial score (nSPS) is 12.4. The first-order valence-corrected chi connectivity index (χ1v) is 8.26. The van der Waals surface area contributed by atoms with E-state index in [0.717, 1.165) is 13.0 Å². The number of hydrogen-bond donors (Lipinski definition) is 1. The van der Waals surface area contributed by atoms with Gasteiger partial charge in [-0.3, -0.25) is 0 Å². The molecule has 20 heavy (non-hydrogen) atoms. The minimum absolute atomic E-state index is 0.280. The largest absolute Gasteiger partial charge is 0.306 e. The lowest BCUT2D eigenvalue weighted by Crippen LogP contribution is -2.24. The van der Waals surface area contributed by atoms with Gasteiger partial charge in [-0.2, -0.15) is 0 Å². The van der Waals surface area contributed by atoms with Crippen molar-refractivity contribution in [3.63, 3.8) is 0 Å². The van der Waals surface area contributed by atoms with Crippen LogP contribution in [0.15, 0.2) is 42.5 Å². The summed E-state index contributed by atoms with van der Waals surface area (Å²) in [5.74, 6) is 0. The third kappa shape index (κ3) is 3.61. The van der Waals surface area contributed by atoms with E-state index >= 15 is 0 Å². The lowest BCUT2D eigenvalue weighted by Gasteiger charge is -2.22.